The largest absolute Gasteiger partial charge is 0.327 e. The molecule has 9 heteroatoms. The van der Waals surface area contributed by atoms with E-state index in [-0.39, 0.29) is 11.5 Å². The van der Waals surface area contributed by atoms with Crippen LogP contribution in [0.4, 0.5) is 0 Å². The second-order valence-corrected chi connectivity index (χ2v) is 6.23. The maximum Gasteiger partial charge on any atom is 0.269 e. The van der Waals surface area contributed by atoms with Crippen molar-refractivity contribution >= 4 is 20.2 Å². The van der Waals surface area contributed by atoms with Gasteiger partial charge in [-0.25, -0.2) is 8.37 Å². The van der Waals surface area contributed by atoms with E-state index in [0.29, 0.717) is 0 Å². The van der Waals surface area contributed by atoms with Crippen molar-refractivity contribution in [3.8, 4) is 0 Å². The van der Waals surface area contributed by atoms with Crippen LogP contribution in [-0.2, 0) is 33.3 Å². The van der Waals surface area contributed by atoms with Crippen LogP contribution in [0.25, 0.3) is 0 Å². The predicted molar refractivity (Wildman–Crippen MR) is 51.9 cm³/mol. The van der Waals surface area contributed by atoms with Gasteiger partial charge in [-0.15, -0.1) is 0 Å². The molecule has 0 spiro atoms. The summed E-state index contributed by atoms with van der Waals surface area (Å²) in [6.45, 7) is 1.70. The molecule has 0 radical (unpaired) electrons. The summed E-state index contributed by atoms with van der Waals surface area (Å²) >= 11 is 0. The maximum atomic E-state index is 10.8. The van der Waals surface area contributed by atoms with Gasteiger partial charge < -0.3 is 4.74 Å². The minimum Gasteiger partial charge on any atom is -0.327 e. The molecule has 0 atom stereocenters. The monoisotopic (exact) mass is 262 g/mol. The van der Waals surface area contributed by atoms with Crippen molar-refractivity contribution in [3.63, 3.8) is 0 Å². The van der Waals surface area contributed by atoms with E-state index in [1.807, 2.05) is 0 Å². The van der Waals surface area contributed by atoms with Gasteiger partial charge in [0.2, 0.25) is 0 Å². The summed E-state index contributed by atoms with van der Waals surface area (Å²) in [5, 5.41) is 0. The molecule has 0 aromatic rings. The summed E-state index contributed by atoms with van der Waals surface area (Å²) in [6, 6.07) is 0. The number of rotatable bonds is 8. The van der Waals surface area contributed by atoms with E-state index < -0.39 is 33.8 Å². The highest BCUT2D eigenvalue weighted by molar-refractivity contribution is 7.86. The van der Waals surface area contributed by atoms with Crippen molar-refractivity contribution in [2.75, 3.05) is 25.1 Å². The number of ether oxygens (including phenoxy) is 1. The summed E-state index contributed by atoms with van der Waals surface area (Å²) in [5.41, 5.74) is 0. The highest BCUT2D eigenvalue weighted by Crippen LogP contribution is 1.95. The van der Waals surface area contributed by atoms with Gasteiger partial charge in [-0.2, -0.15) is 16.8 Å². The molecule has 0 rings (SSSR count). The van der Waals surface area contributed by atoms with Gasteiger partial charge >= 0.3 is 0 Å². The van der Waals surface area contributed by atoms with Crippen LogP contribution < -0.4 is 0 Å². The Labute approximate surface area is 89.6 Å². The van der Waals surface area contributed by atoms with E-state index >= 15 is 0 Å². The van der Waals surface area contributed by atoms with Gasteiger partial charge in [0.15, 0.2) is 13.6 Å². The Bertz CT molecular complexity index is 319. The molecule has 0 unspecified atom stereocenters. The predicted octanol–water partition coefficient (Wildman–Crippen LogP) is -0.349. The Hall–Kier alpha value is -0.220. The second kappa shape index (κ2) is 6.38. The van der Waals surface area contributed by atoms with Crippen LogP contribution >= 0.6 is 0 Å². The van der Waals surface area contributed by atoms with Crippen molar-refractivity contribution in [2.24, 2.45) is 0 Å². The number of hydrogen-bond acceptors (Lipinski definition) is 7. The zero-order chi connectivity index (χ0) is 11.9. The molecule has 0 aromatic carbocycles. The fraction of sp³-hybridized carbons (Fsp3) is 1.00. The Kier molecular flexibility index (Phi) is 6.29. The van der Waals surface area contributed by atoms with Crippen LogP contribution in [0.15, 0.2) is 0 Å². The summed E-state index contributed by atoms with van der Waals surface area (Å²) < 4.78 is 56.1. The molecule has 0 heterocycles. The normalized spacial score (nSPS) is 12.9. The molecule has 0 bridgehead atoms. The third-order valence-electron chi connectivity index (χ3n) is 1.33. The van der Waals surface area contributed by atoms with Gasteiger partial charge in [0.25, 0.3) is 20.2 Å². The molecule has 0 amide bonds. The lowest BCUT2D eigenvalue weighted by Crippen LogP contribution is -2.15. The molecule has 0 fully saturated rings. The topological polar surface area (TPSA) is 96.0 Å². The minimum atomic E-state index is -3.57. The van der Waals surface area contributed by atoms with Crippen molar-refractivity contribution < 1.29 is 29.9 Å². The zero-order valence-electron chi connectivity index (χ0n) is 8.50. The Morgan fingerprint density at radius 2 is 1.13 bits per heavy atom. The lowest BCUT2D eigenvalue weighted by Gasteiger charge is -2.05. The lowest BCUT2D eigenvalue weighted by atomic mass is 11.0. The quantitative estimate of drug-likeness (QED) is 0.335. The zero-order valence-corrected chi connectivity index (χ0v) is 10.1. The molecule has 15 heavy (non-hydrogen) atoms. The van der Waals surface area contributed by atoms with Crippen molar-refractivity contribution in [1.82, 2.24) is 0 Å². The summed E-state index contributed by atoms with van der Waals surface area (Å²) in [5.74, 6) is -0.352. The molecule has 0 aliphatic rings. The molecule has 0 saturated carbocycles. The fourth-order valence-electron chi connectivity index (χ4n) is 0.415. The number of hydrogen-bond donors (Lipinski definition) is 0. The smallest absolute Gasteiger partial charge is 0.269 e. The van der Waals surface area contributed by atoms with E-state index in [2.05, 4.69) is 13.1 Å². The third kappa shape index (κ3) is 7.68. The van der Waals surface area contributed by atoms with Crippen LogP contribution in [0.1, 0.15) is 13.8 Å². The van der Waals surface area contributed by atoms with Gasteiger partial charge in [0.1, 0.15) is 0 Å². The lowest BCUT2D eigenvalue weighted by molar-refractivity contribution is -0.0482. The summed E-state index contributed by atoms with van der Waals surface area (Å²) in [6.07, 6.45) is 0. The first kappa shape index (κ1) is 14.8. The van der Waals surface area contributed by atoms with Crippen LogP contribution in [0, 0.1) is 0 Å². The summed E-state index contributed by atoms with van der Waals surface area (Å²) in [7, 11) is -7.14. The Morgan fingerprint density at radius 3 is 1.40 bits per heavy atom. The highest BCUT2D eigenvalue weighted by Gasteiger charge is 2.09. The Morgan fingerprint density at radius 1 is 0.800 bits per heavy atom. The first-order valence-corrected chi connectivity index (χ1v) is 7.30. The highest BCUT2D eigenvalue weighted by atomic mass is 32.2. The standard InChI is InChI=1S/C6H14O7S2/c1-3-14(7,8)12-5-11-6-13-15(9,10)4-2/h3-6H2,1-2H3. The van der Waals surface area contributed by atoms with Crippen LogP contribution in [-0.4, -0.2) is 41.9 Å². The molecule has 7 nitrogen and oxygen atoms in total. The van der Waals surface area contributed by atoms with Gasteiger partial charge in [-0.3, -0.25) is 0 Å². The first-order chi connectivity index (χ1) is 6.83. The summed E-state index contributed by atoms with van der Waals surface area (Å²) in [4.78, 5) is 0. The van der Waals surface area contributed by atoms with Gasteiger partial charge in [0.05, 0.1) is 11.5 Å². The van der Waals surface area contributed by atoms with Crippen LogP contribution in [0.3, 0.4) is 0 Å². The molecule has 92 valence electrons. The van der Waals surface area contributed by atoms with E-state index in [1.165, 1.54) is 13.8 Å². The second-order valence-electron chi connectivity index (χ2n) is 2.37. The third-order valence-corrected chi connectivity index (χ3v) is 3.65. The maximum absolute atomic E-state index is 10.8. The SMILES string of the molecule is CCS(=O)(=O)OCOCOS(=O)(=O)CC. The molecular formula is C6H14O7S2. The Balaban J connectivity index is 3.66. The van der Waals surface area contributed by atoms with E-state index in [1.54, 1.807) is 0 Å². The fourth-order valence-corrected chi connectivity index (χ4v) is 1.18. The van der Waals surface area contributed by atoms with Gasteiger partial charge in [-0.1, -0.05) is 0 Å². The molecule has 0 aliphatic carbocycles. The average Bonchev–Trinajstić information content (AvgIpc) is 2.17. The molecule has 0 aromatic heterocycles. The van der Waals surface area contributed by atoms with E-state index in [9.17, 15) is 16.8 Å². The molecule has 0 N–H and O–H groups in total. The van der Waals surface area contributed by atoms with E-state index in [4.69, 9.17) is 0 Å². The minimum absolute atomic E-state index is 0.176. The molecular weight excluding hydrogens is 248 g/mol. The van der Waals surface area contributed by atoms with Crippen LogP contribution in [0.2, 0.25) is 0 Å². The molecule has 0 aliphatic heterocycles. The van der Waals surface area contributed by atoms with Crippen molar-refractivity contribution in [1.29, 1.82) is 0 Å². The van der Waals surface area contributed by atoms with Crippen molar-refractivity contribution in [2.45, 2.75) is 13.8 Å². The van der Waals surface area contributed by atoms with Crippen molar-refractivity contribution in [3.05, 3.63) is 0 Å². The van der Waals surface area contributed by atoms with Gasteiger partial charge in [-0.05, 0) is 13.8 Å². The van der Waals surface area contributed by atoms with E-state index in [0.717, 1.165) is 0 Å². The average molecular weight is 262 g/mol. The van der Waals surface area contributed by atoms with Crippen LogP contribution in [0.5, 0.6) is 0 Å². The molecule has 0 saturated heterocycles. The van der Waals surface area contributed by atoms with Gasteiger partial charge in [0, 0.05) is 0 Å². The first-order valence-electron chi connectivity index (χ1n) is 4.15.